The van der Waals surface area contributed by atoms with Crippen LogP contribution in [-0.2, 0) is 4.74 Å². The van der Waals surface area contributed by atoms with Crippen molar-refractivity contribution < 1.29 is 4.74 Å². The van der Waals surface area contributed by atoms with Gasteiger partial charge in [-0.05, 0) is 18.8 Å². The van der Waals surface area contributed by atoms with E-state index in [0.717, 1.165) is 13.0 Å². The summed E-state index contributed by atoms with van der Waals surface area (Å²) < 4.78 is 5.15. The molecule has 17 heavy (non-hydrogen) atoms. The van der Waals surface area contributed by atoms with Crippen LogP contribution in [0.1, 0.15) is 65.2 Å². The van der Waals surface area contributed by atoms with Crippen LogP contribution in [0, 0.1) is 5.92 Å². The highest BCUT2D eigenvalue weighted by atomic mass is 16.5. The number of ether oxygens (including phenoxy) is 1. The minimum absolute atomic E-state index is 0.450. The predicted octanol–water partition coefficient (Wildman–Crippen LogP) is 3.24. The van der Waals surface area contributed by atoms with Crippen molar-refractivity contribution in [2.24, 2.45) is 11.8 Å². The molecule has 0 bridgehead atoms. The molecule has 0 aromatic rings. The smallest absolute Gasteiger partial charge is 0.0488 e. The summed E-state index contributed by atoms with van der Waals surface area (Å²) >= 11 is 0. The highest BCUT2D eigenvalue weighted by molar-refractivity contribution is 4.67. The van der Waals surface area contributed by atoms with Crippen molar-refractivity contribution in [1.29, 1.82) is 0 Å². The summed E-state index contributed by atoms with van der Waals surface area (Å²) in [5, 5.41) is 0. The fourth-order valence-corrected chi connectivity index (χ4v) is 2.28. The van der Waals surface area contributed by atoms with Crippen molar-refractivity contribution >= 4 is 0 Å². The Morgan fingerprint density at radius 3 is 2.35 bits per heavy atom. The van der Waals surface area contributed by atoms with E-state index in [-0.39, 0.29) is 0 Å². The van der Waals surface area contributed by atoms with E-state index in [1.807, 2.05) is 0 Å². The molecular weight excluding hydrogens is 212 g/mol. The van der Waals surface area contributed by atoms with Gasteiger partial charge in [-0.1, -0.05) is 52.4 Å². The molecule has 0 rings (SSSR count). The number of methoxy groups -OCH3 is 1. The number of rotatable bonds is 12. The number of unbranched alkanes of at least 4 members (excludes halogenated alkanes) is 5. The monoisotopic (exact) mass is 244 g/mol. The van der Waals surface area contributed by atoms with Gasteiger partial charge < -0.3 is 4.74 Å². The van der Waals surface area contributed by atoms with Gasteiger partial charge in [0.2, 0.25) is 0 Å². The molecule has 2 atom stereocenters. The van der Waals surface area contributed by atoms with Crippen LogP contribution in [0.15, 0.2) is 0 Å². The molecule has 0 aliphatic heterocycles. The molecule has 0 fully saturated rings. The van der Waals surface area contributed by atoms with Gasteiger partial charge in [-0.15, -0.1) is 0 Å². The summed E-state index contributed by atoms with van der Waals surface area (Å²) in [5.41, 5.74) is 2.94. The molecule has 0 spiro atoms. The van der Waals surface area contributed by atoms with E-state index >= 15 is 0 Å². The molecule has 0 amide bonds. The van der Waals surface area contributed by atoms with E-state index in [4.69, 9.17) is 10.6 Å². The SMILES string of the molecule is CCCCCCCCC(CC(C)COC)NN. The second-order valence-electron chi connectivity index (χ2n) is 5.22. The van der Waals surface area contributed by atoms with Gasteiger partial charge in [0, 0.05) is 19.8 Å². The first kappa shape index (κ1) is 16.9. The summed E-state index contributed by atoms with van der Waals surface area (Å²) in [4.78, 5) is 0. The van der Waals surface area contributed by atoms with E-state index in [1.165, 1.54) is 44.9 Å². The number of nitrogens with one attached hydrogen (secondary N) is 1. The van der Waals surface area contributed by atoms with E-state index in [0.29, 0.717) is 12.0 Å². The van der Waals surface area contributed by atoms with E-state index in [9.17, 15) is 0 Å². The van der Waals surface area contributed by atoms with Crippen molar-refractivity contribution in [1.82, 2.24) is 5.43 Å². The second kappa shape index (κ2) is 12.3. The summed E-state index contributed by atoms with van der Waals surface area (Å²) in [7, 11) is 1.76. The topological polar surface area (TPSA) is 47.3 Å². The Labute approximate surface area is 107 Å². The number of hydrogen-bond donors (Lipinski definition) is 2. The molecule has 3 heteroatoms. The van der Waals surface area contributed by atoms with E-state index in [1.54, 1.807) is 7.11 Å². The average molecular weight is 244 g/mol. The molecule has 0 saturated heterocycles. The Hall–Kier alpha value is -0.120. The minimum atomic E-state index is 0.450. The number of nitrogens with two attached hydrogens (primary N) is 1. The lowest BCUT2D eigenvalue weighted by Crippen LogP contribution is -2.36. The maximum atomic E-state index is 5.59. The molecule has 0 aromatic carbocycles. The first-order valence-electron chi connectivity index (χ1n) is 7.19. The lowest BCUT2D eigenvalue weighted by Gasteiger charge is -2.19. The fraction of sp³-hybridized carbons (Fsp3) is 1.00. The first-order valence-corrected chi connectivity index (χ1v) is 7.19. The minimum Gasteiger partial charge on any atom is -0.384 e. The Bertz CT molecular complexity index is 153. The number of hydrazine groups is 1. The van der Waals surface area contributed by atoms with Crippen LogP contribution in [-0.4, -0.2) is 19.8 Å². The van der Waals surface area contributed by atoms with Crippen LogP contribution in [0.3, 0.4) is 0 Å². The van der Waals surface area contributed by atoms with Crippen LogP contribution in [0.25, 0.3) is 0 Å². The highest BCUT2D eigenvalue weighted by Crippen LogP contribution is 2.13. The van der Waals surface area contributed by atoms with Gasteiger partial charge >= 0.3 is 0 Å². The Morgan fingerprint density at radius 2 is 1.76 bits per heavy atom. The van der Waals surface area contributed by atoms with Crippen molar-refractivity contribution in [3.8, 4) is 0 Å². The molecule has 0 saturated carbocycles. The lowest BCUT2D eigenvalue weighted by molar-refractivity contribution is 0.148. The van der Waals surface area contributed by atoms with Crippen molar-refractivity contribution in [3.05, 3.63) is 0 Å². The fourth-order valence-electron chi connectivity index (χ4n) is 2.28. The van der Waals surface area contributed by atoms with Gasteiger partial charge in [-0.2, -0.15) is 0 Å². The summed E-state index contributed by atoms with van der Waals surface area (Å²) in [6.45, 7) is 5.30. The van der Waals surface area contributed by atoms with Crippen LogP contribution in [0.5, 0.6) is 0 Å². The first-order chi connectivity index (χ1) is 8.24. The molecule has 0 aliphatic carbocycles. The quantitative estimate of drug-likeness (QED) is 0.315. The lowest BCUT2D eigenvalue weighted by atomic mass is 9.98. The van der Waals surface area contributed by atoms with Crippen LogP contribution >= 0.6 is 0 Å². The molecule has 3 N–H and O–H groups in total. The van der Waals surface area contributed by atoms with Crippen LogP contribution in [0.2, 0.25) is 0 Å². The summed E-state index contributed by atoms with van der Waals surface area (Å²) in [6, 6.07) is 0.450. The molecular formula is C14H32N2O. The third-order valence-corrected chi connectivity index (χ3v) is 3.28. The molecule has 0 aromatic heterocycles. The van der Waals surface area contributed by atoms with Gasteiger partial charge in [-0.25, -0.2) is 0 Å². The average Bonchev–Trinajstić information content (AvgIpc) is 2.32. The number of hydrogen-bond acceptors (Lipinski definition) is 3. The zero-order valence-corrected chi connectivity index (χ0v) is 12.0. The highest BCUT2D eigenvalue weighted by Gasteiger charge is 2.11. The third-order valence-electron chi connectivity index (χ3n) is 3.28. The maximum Gasteiger partial charge on any atom is 0.0488 e. The molecule has 104 valence electrons. The Balaban J connectivity index is 3.47. The van der Waals surface area contributed by atoms with E-state index in [2.05, 4.69) is 19.3 Å². The Morgan fingerprint density at radius 1 is 1.12 bits per heavy atom. The zero-order valence-electron chi connectivity index (χ0n) is 12.0. The van der Waals surface area contributed by atoms with Gasteiger partial charge in [0.15, 0.2) is 0 Å². The largest absolute Gasteiger partial charge is 0.384 e. The predicted molar refractivity (Wildman–Crippen MR) is 74.8 cm³/mol. The Kier molecular flexibility index (Phi) is 12.3. The van der Waals surface area contributed by atoms with Gasteiger partial charge in [0.05, 0.1) is 0 Å². The van der Waals surface area contributed by atoms with Crippen LogP contribution in [0.4, 0.5) is 0 Å². The van der Waals surface area contributed by atoms with Gasteiger partial charge in [-0.3, -0.25) is 11.3 Å². The standard InChI is InChI=1S/C14H32N2O/c1-4-5-6-7-8-9-10-14(16-15)11-13(2)12-17-3/h13-14,16H,4-12,15H2,1-3H3. The second-order valence-corrected chi connectivity index (χ2v) is 5.22. The van der Waals surface area contributed by atoms with E-state index < -0.39 is 0 Å². The molecule has 2 unspecified atom stereocenters. The van der Waals surface area contributed by atoms with Crippen molar-refractivity contribution in [2.45, 2.75) is 71.3 Å². The van der Waals surface area contributed by atoms with Crippen molar-refractivity contribution in [2.75, 3.05) is 13.7 Å². The zero-order chi connectivity index (χ0) is 12.9. The molecule has 0 aliphatic rings. The molecule has 0 heterocycles. The van der Waals surface area contributed by atoms with Crippen molar-refractivity contribution in [3.63, 3.8) is 0 Å². The third kappa shape index (κ3) is 10.7. The van der Waals surface area contributed by atoms with Gasteiger partial charge in [0.25, 0.3) is 0 Å². The maximum absolute atomic E-state index is 5.59. The molecule has 3 nitrogen and oxygen atoms in total. The van der Waals surface area contributed by atoms with Gasteiger partial charge in [0.1, 0.15) is 0 Å². The normalized spacial score (nSPS) is 14.8. The molecule has 0 radical (unpaired) electrons. The van der Waals surface area contributed by atoms with Crippen LogP contribution < -0.4 is 11.3 Å². The summed E-state index contributed by atoms with van der Waals surface area (Å²) in [6.07, 6.45) is 10.4. The summed E-state index contributed by atoms with van der Waals surface area (Å²) in [5.74, 6) is 6.17.